The van der Waals surface area contributed by atoms with Crippen LogP contribution in [0.5, 0.6) is 0 Å². The molecule has 0 fully saturated rings. The van der Waals surface area contributed by atoms with Crippen LogP contribution in [0.2, 0.25) is 5.02 Å². The number of halogens is 1. The molecule has 3 aromatic rings. The first-order valence-electron chi connectivity index (χ1n) is 8.41. The minimum absolute atomic E-state index is 0.138. The highest BCUT2D eigenvalue weighted by Crippen LogP contribution is 2.39. The van der Waals surface area contributed by atoms with E-state index in [1.54, 1.807) is 0 Å². The molecule has 0 aliphatic carbocycles. The number of anilines is 1. The maximum absolute atomic E-state index is 13.1. The summed E-state index contributed by atoms with van der Waals surface area (Å²) in [7, 11) is 0. The van der Waals surface area contributed by atoms with Crippen molar-refractivity contribution in [3.63, 3.8) is 0 Å². The number of carbonyl (C=O) groups excluding carboxylic acids is 1. The smallest absolute Gasteiger partial charge is 0.235 e. The van der Waals surface area contributed by atoms with Crippen molar-refractivity contribution < 1.29 is 4.79 Å². The average Bonchev–Trinajstić information content (AvgIpc) is 2.90. The van der Waals surface area contributed by atoms with Crippen LogP contribution in [0, 0.1) is 0 Å². The standard InChI is InChI=1S/C22H18ClNO/c23-18-12-10-16(11-13-18)14-20-19-8-4-5-9-21(19)24(22(20)25)15-17-6-2-1-3-7-17/h1-13,20H,14-15H2. The van der Waals surface area contributed by atoms with Crippen LogP contribution < -0.4 is 4.90 Å². The van der Waals surface area contributed by atoms with Gasteiger partial charge in [0.2, 0.25) is 5.91 Å². The Morgan fingerprint density at radius 2 is 1.48 bits per heavy atom. The number of fused-ring (bicyclic) bond motifs is 1. The van der Waals surface area contributed by atoms with E-state index >= 15 is 0 Å². The van der Waals surface area contributed by atoms with Crippen LogP contribution in [-0.4, -0.2) is 5.91 Å². The molecule has 2 nitrogen and oxygen atoms in total. The number of rotatable bonds is 4. The lowest BCUT2D eigenvalue weighted by Gasteiger charge is -2.18. The molecular formula is C22H18ClNO. The van der Waals surface area contributed by atoms with E-state index in [1.807, 2.05) is 65.6 Å². The maximum atomic E-state index is 13.1. The van der Waals surface area contributed by atoms with Crippen LogP contribution in [0.3, 0.4) is 0 Å². The van der Waals surface area contributed by atoms with Crippen LogP contribution in [0.25, 0.3) is 0 Å². The zero-order chi connectivity index (χ0) is 17.2. The summed E-state index contributed by atoms with van der Waals surface area (Å²) < 4.78 is 0. The number of nitrogens with zero attached hydrogens (tertiary/aromatic N) is 1. The molecule has 3 heteroatoms. The Balaban J connectivity index is 1.65. The first-order valence-corrected chi connectivity index (χ1v) is 8.79. The Morgan fingerprint density at radius 3 is 2.24 bits per heavy atom. The van der Waals surface area contributed by atoms with Gasteiger partial charge in [-0.1, -0.05) is 72.3 Å². The van der Waals surface area contributed by atoms with E-state index in [1.165, 1.54) is 0 Å². The average molecular weight is 348 g/mol. The number of para-hydroxylation sites is 1. The third kappa shape index (κ3) is 3.18. The fourth-order valence-corrected chi connectivity index (χ4v) is 3.58. The first kappa shape index (κ1) is 15.9. The SMILES string of the molecule is O=C1C(Cc2ccc(Cl)cc2)c2ccccc2N1Cc1ccccc1. The molecule has 0 bridgehead atoms. The highest BCUT2D eigenvalue weighted by molar-refractivity contribution is 6.30. The van der Waals surface area contributed by atoms with E-state index in [0.29, 0.717) is 18.0 Å². The summed E-state index contributed by atoms with van der Waals surface area (Å²) in [5.41, 5.74) is 4.39. The quantitative estimate of drug-likeness (QED) is 0.634. The second kappa shape index (κ2) is 6.73. The van der Waals surface area contributed by atoms with Crippen LogP contribution in [0.15, 0.2) is 78.9 Å². The van der Waals surface area contributed by atoms with Gasteiger partial charge < -0.3 is 4.90 Å². The van der Waals surface area contributed by atoms with E-state index in [2.05, 4.69) is 18.2 Å². The number of hydrogen-bond acceptors (Lipinski definition) is 1. The van der Waals surface area contributed by atoms with Gasteiger partial charge in [0.05, 0.1) is 12.5 Å². The van der Waals surface area contributed by atoms with E-state index in [-0.39, 0.29) is 11.8 Å². The van der Waals surface area contributed by atoms with Crippen molar-refractivity contribution in [2.24, 2.45) is 0 Å². The van der Waals surface area contributed by atoms with Gasteiger partial charge in [0, 0.05) is 10.7 Å². The van der Waals surface area contributed by atoms with Crippen molar-refractivity contribution in [2.45, 2.75) is 18.9 Å². The second-order valence-electron chi connectivity index (χ2n) is 6.35. The Labute approximate surface area is 152 Å². The zero-order valence-corrected chi connectivity index (χ0v) is 14.5. The van der Waals surface area contributed by atoms with Crippen molar-refractivity contribution in [3.8, 4) is 0 Å². The number of hydrogen-bond donors (Lipinski definition) is 0. The van der Waals surface area contributed by atoms with Gasteiger partial charge >= 0.3 is 0 Å². The molecule has 0 saturated carbocycles. The Morgan fingerprint density at radius 1 is 0.800 bits per heavy atom. The van der Waals surface area contributed by atoms with Crippen molar-refractivity contribution in [3.05, 3.63) is 101 Å². The van der Waals surface area contributed by atoms with Crippen LogP contribution >= 0.6 is 11.6 Å². The summed E-state index contributed by atoms with van der Waals surface area (Å²) >= 11 is 5.98. The number of amides is 1. The summed E-state index contributed by atoms with van der Waals surface area (Å²) in [5.74, 6) is 0.0288. The zero-order valence-electron chi connectivity index (χ0n) is 13.7. The molecule has 1 aliphatic rings. The molecule has 0 spiro atoms. The minimum Gasteiger partial charge on any atom is -0.307 e. The van der Waals surface area contributed by atoms with Crippen LogP contribution in [0.1, 0.15) is 22.6 Å². The van der Waals surface area contributed by atoms with E-state index in [4.69, 9.17) is 11.6 Å². The minimum atomic E-state index is -0.138. The Hall–Kier alpha value is -2.58. The molecule has 1 heterocycles. The van der Waals surface area contributed by atoms with Gasteiger partial charge in [0.25, 0.3) is 0 Å². The Kier molecular flexibility index (Phi) is 4.29. The molecule has 1 atom stereocenters. The summed E-state index contributed by atoms with van der Waals surface area (Å²) in [6.45, 7) is 0.605. The molecule has 0 aromatic heterocycles. The summed E-state index contributed by atoms with van der Waals surface area (Å²) in [5, 5.41) is 0.715. The van der Waals surface area contributed by atoms with Gasteiger partial charge in [-0.25, -0.2) is 0 Å². The predicted octanol–water partition coefficient (Wildman–Crippen LogP) is 5.21. The highest BCUT2D eigenvalue weighted by atomic mass is 35.5. The molecule has 1 aliphatic heterocycles. The van der Waals surface area contributed by atoms with Crippen molar-refractivity contribution in [1.82, 2.24) is 0 Å². The van der Waals surface area contributed by atoms with Gasteiger partial charge in [-0.3, -0.25) is 4.79 Å². The molecule has 0 radical (unpaired) electrons. The molecule has 124 valence electrons. The van der Waals surface area contributed by atoms with E-state index < -0.39 is 0 Å². The van der Waals surface area contributed by atoms with Gasteiger partial charge in [-0.2, -0.15) is 0 Å². The lowest BCUT2D eigenvalue weighted by molar-refractivity contribution is -0.119. The fourth-order valence-electron chi connectivity index (χ4n) is 3.45. The third-order valence-corrected chi connectivity index (χ3v) is 4.96. The van der Waals surface area contributed by atoms with Gasteiger partial charge in [0.1, 0.15) is 0 Å². The molecule has 0 saturated heterocycles. The number of benzene rings is 3. The van der Waals surface area contributed by atoms with Crippen molar-refractivity contribution in [2.75, 3.05) is 4.90 Å². The Bertz CT molecular complexity index is 889. The molecule has 1 amide bonds. The fraction of sp³-hybridized carbons (Fsp3) is 0.136. The molecule has 3 aromatic carbocycles. The number of carbonyl (C=O) groups is 1. The van der Waals surface area contributed by atoms with E-state index in [9.17, 15) is 4.79 Å². The summed E-state index contributed by atoms with van der Waals surface area (Å²) in [6.07, 6.45) is 0.693. The molecule has 0 N–H and O–H groups in total. The maximum Gasteiger partial charge on any atom is 0.235 e. The third-order valence-electron chi connectivity index (χ3n) is 4.70. The van der Waals surface area contributed by atoms with E-state index in [0.717, 1.165) is 22.4 Å². The predicted molar refractivity (Wildman–Crippen MR) is 102 cm³/mol. The van der Waals surface area contributed by atoms with Crippen molar-refractivity contribution >= 4 is 23.2 Å². The lowest BCUT2D eigenvalue weighted by atomic mass is 9.93. The van der Waals surface area contributed by atoms with Crippen LogP contribution in [-0.2, 0) is 17.8 Å². The van der Waals surface area contributed by atoms with Gasteiger partial charge in [-0.15, -0.1) is 0 Å². The highest BCUT2D eigenvalue weighted by Gasteiger charge is 2.36. The van der Waals surface area contributed by atoms with Gasteiger partial charge in [0.15, 0.2) is 0 Å². The van der Waals surface area contributed by atoms with Crippen LogP contribution in [0.4, 0.5) is 5.69 Å². The second-order valence-corrected chi connectivity index (χ2v) is 6.79. The molecule has 1 unspecified atom stereocenters. The van der Waals surface area contributed by atoms with Crippen molar-refractivity contribution in [1.29, 1.82) is 0 Å². The molecule has 4 rings (SSSR count). The first-order chi connectivity index (χ1) is 12.2. The molecular weight excluding hydrogens is 330 g/mol. The summed E-state index contributed by atoms with van der Waals surface area (Å²) in [4.78, 5) is 15.0. The lowest BCUT2D eigenvalue weighted by Crippen LogP contribution is -2.28. The monoisotopic (exact) mass is 347 g/mol. The topological polar surface area (TPSA) is 20.3 Å². The largest absolute Gasteiger partial charge is 0.307 e. The molecule has 25 heavy (non-hydrogen) atoms. The normalized spacial score (nSPS) is 16.1. The summed E-state index contributed by atoms with van der Waals surface area (Å²) in [6, 6.07) is 26.0. The van der Waals surface area contributed by atoms with Gasteiger partial charge in [-0.05, 0) is 41.3 Å².